The number of nitrogens with zero attached hydrogens (tertiary/aromatic N) is 1. The van der Waals surface area contributed by atoms with E-state index in [1.807, 2.05) is 19.9 Å². The van der Waals surface area contributed by atoms with Gasteiger partial charge in [-0.25, -0.2) is 0 Å². The van der Waals surface area contributed by atoms with Gasteiger partial charge in [0.15, 0.2) is 12.6 Å². The lowest BCUT2D eigenvalue weighted by Crippen LogP contribution is -2.04. The van der Waals surface area contributed by atoms with Gasteiger partial charge in [0.2, 0.25) is 0 Å². The number of carbonyl (C=O) groups excluding carboxylic acids is 1. The average Bonchev–Trinajstić information content (AvgIpc) is 2.70. The van der Waals surface area contributed by atoms with Crippen molar-refractivity contribution in [3.63, 3.8) is 0 Å². The fourth-order valence-corrected chi connectivity index (χ4v) is 2.54. The van der Waals surface area contributed by atoms with Gasteiger partial charge in [0.05, 0.1) is 12.7 Å². The highest BCUT2D eigenvalue weighted by Gasteiger charge is 2.18. The van der Waals surface area contributed by atoms with E-state index in [1.165, 1.54) is 20.3 Å². The lowest BCUT2D eigenvalue weighted by atomic mass is 10.0. The van der Waals surface area contributed by atoms with Crippen LogP contribution in [0.25, 0.3) is 6.08 Å². The molecule has 0 unspecified atom stereocenters. The fourth-order valence-electron chi connectivity index (χ4n) is 2.54. The van der Waals surface area contributed by atoms with Crippen LogP contribution in [0.4, 0.5) is 0 Å². The molecule has 0 spiro atoms. The molecule has 0 radical (unpaired) electrons. The van der Waals surface area contributed by atoms with E-state index in [-0.39, 0.29) is 30.7 Å². The SMILES string of the molecule is COCOc1cc(OC)c(/C=C/C(=O)c2ccncc2)c(O)c1CC=C(C)C.Cl. The number of aromatic nitrogens is 1. The maximum atomic E-state index is 12.3. The quantitative estimate of drug-likeness (QED) is 0.277. The molecule has 0 fully saturated rings. The predicted octanol–water partition coefficient (Wildman–Crippen LogP) is 4.61. The molecule has 1 aromatic heterocycles. The van der Waals surface area contributed by atoms with Gasteiger partial charge in [0.25, 0.3) is 0 Å². The van der Waals surface area contributed by atoms with E-state index in [0.717, 1.165) is 5.57 Å². The van der Waals surface area contributed by atoms with Crippen LogP contribution < -0.4 is 9.47 Å². The van der Waals surface area contributed by atoms with Gasteiger partial charge < -0.3 is 19.3 Å². The molecular weight excluding hydrogens is 394 g/mol. The first-order chi connectivity index (χ1) is 13.5. The molecular formula is C22H26ClNO5. The number of ketones is 1. The zero-order chi connectivity index (χ0) is 20.5. The standard InChI is InChI=1S/C22H25NO5.ClH/c1-15(2)5-6-18-21(28-14-26-3)13-20(27-4)17(22(18)25)7-8-19(24)16-9-11-23-12-10-16;/h5,7-13,25H,6,14H2,1-4H3;1H/b8-7+;. The number of allylic oxidation sites excluding steroid dienone is 3. The molecule has 0 saturated carbocycles. The van der Waals surface area contributed by atoms with Gasteiger partial charge in [-0.05, 0) is 44.6 Å². The van der Waals surface area contributed by atoms with Crippen LogP contribution in [-0.2, 0) is 11.2 Å². The van der Waals surface area contributed by atoms with Crippen LogP contribution in [0.5, 0.6) is 17.2 Å². The van der Waals surface area contributed by atoms with Gasteiger partial charge in [0, 0.05) is 36.7 Å². The van der Waals surface area contributed by atoms with Crippen LogP contribution in [0.15, 0.2) is 48.3 Å². The Labute approximate surface area is 177 Å². The molecule has 0 amide bonds. The minimum atomic E-state index is -0.200. The smallest absolute Gasteiger partial charge is 0.188 e. The number of aromatic hydroxyl groups is 1. The number of rotatable bonds is 9. The topological polar surface area (TPSA) is 77.9 Å². The summed E-state index contributed by atoms with van der Waals surface area (Å²) in [5, 5.41) is 10.9. The summed E-state index contributed by atoms with van der Waals surface area (Å²) in [6.45, 7) is 4.00. The molecule has 156 valence electrons. The molecule has 0 aliphatic rings. The highest BCUT2D eigenvalue weighted by molar-refractivity contribution is 6.07. The van der Waals surface area contributed by atoms with E-state index in [0.29, 0.717) is 34.6 Å². The van der Waals surface area contributed by atoms with Crippen molar-refractivity contribution in [3.05, 3.63) is 65.0 Å². The summed E-state index contributed by atoms with van der Waals surface area (Å²) < 4.78 is 16.0. The Kier molecular flexibility index (Phi) is 9.92. The molecule has 2 rings (SSSR count). The largest absolute Gasteiger partial charge is 0.507 e. The van der Waals surface area contributed by atoms with Crippen LogP contribution in [-0.4, -0.2) is 36.9 Å². The third-order valence-corrected chi connectivity index (χ3v) is 4.00. The summed E-state index contributed by atoms with van der Waals surface area (Å²) in [5.41, 5.74) is 2.62. The van der Waals surface area contributed by atoms with Gasteiger partial charge in [0.1, 0.15) is 17.2 Å². The molecule has 2 aromatic rings. The summed E-state index contributed by atoms with van der Waals surface area (Å²) in [6, 6.07) is 4.95. The number of phenolic OH excluding ortho intramolecular Hbond substituents is 1. The van der Waals surface area contributed by atoms with Gasteiger partial charge in [-0.1, -0.05) is 11.6 Å². The number of benzene rings is 1. The van der Waals surface area contributed by atoms with Crippen molar-refractivity contribution < 1.29 is 24.1 Å². The normalized spacial score (nSPS) is 10.3. The van der Waals surface area contributed by atoms with E-state index in [4.69, 9.17) is 14.2 Å². The monoisotopic (exact) mass is 419 g/mol. The van der Waals surface area contributed by atoms with E-state index in [9.17, 15) is 9.90 Å². The average molecular weight is 420 g/mol. The first-order valence-electron chi connectivity index (χ1n) is 8.78. The molecule has 7 heteroatoms. The lowest BCUT2D eigenvalue weighted by molar-refractivity contribution is 0.0502. The number of methoxy groups -OCH3 is 2. The van der Waals surface area contributed by atoms with Gasteiger partial charge in [-0.3, -0.25) is 9.78 Å². The van der Waals surface area contributed by atoms with Crippen molar-refractivity contribution >= 4 is 24.3 Å². The Bertz CT molecular complexity index is 875. The zero-order valence-electron chi connectivity index (χ0n) is 17.0. The number of phenols is 1. The minimum absolute atomic E-state index is 0. The summed E-state index contributed by atoms with van der Waals surface area (Å²) in [6.07, 6.45) is 8.50. The second-order valence-electron chi connectivity index (χ2n) is 6.29. The van der Waals surface area contributed by atoms with Crippen molar-refractivity contribution in [1.82, 2.24) is 4.98 Å². The van der Waals surface area contributed by atoms with Crippen LogP contribution >= 0.6 is 12.4 Å². The van der Waals surface area contributed by atoms with Crippen LogP contribution in [0.1, 0.15) is 35.3 Å². The van der Waals surface area contributed by atoms with Crippen molar-refractivity contribution in [2.45, 2.75) is 20.3 Å². The van der Waals surface area contributed by atoms with E-state index >= 15 is 0 Å². The zero-order valence-corrected chi connectivity index (χ0v) is 17.8. The van der Waals surface area contributed by atoms with E-state index in [2.05, 4.69) is 4.98 Å². The summed E-state index contributed by atoms with van der Waals surface area (Å²) >= 11 is 0. The minimum Gasteiger partial charge on any atom is -0.507 e. The number of pyridine rings is 1. The molecule has 0 aliphatic heterocycles. The van der Waals surface area contributed by atoms with E-state index in [1.54, 1.807) is 36.7 Å². The van der Waals surface area contributed by atoms with Crippen molar-refractivity contribution in [3.8, 4) is 17.2 Å². The fraction of sp³-hybridized carbons (Fsp3) is 0.273. The molecule has 6 nitrogen and oxygen atoms in total. The van der Waals surface area contributed by atoms with Crippen molar-refractivity contribution in [1.29, 1.82) is 0 Å². The van der Waals surface area contributed by atoms with Gasteiger partial charge >= 0.3 is 0 Å². The molecule has 0 aliphatic carbocycles. The predicted molar refractivity (Wildman–Crippen MR) is 115 cm³/mol. The second kappa shape index (κ2) is 11.9. The summed E-state index contributed by atoms with van der Waals surface area (Å²) in [5.74, 6) is 0.658. The molecule has 0 bridgehead atoms. The number of halogens is 1. The molecule has 1 N–H and O–H groups in total. The Morgan fingerprint density at radius 2 is 1.86 bits per heavy atom. The Hall–Kier alpha value is -2.83. The summed E-state index contributed by atoms with van der Waals surface area (Å²) in [7, 11) is 3.02. The third-order valence-electron chi connectivity index (χ3n) is 4.00. The summed E-state index contributed by atoms with van der Waals surface area (Å²) in [4.78, 5) is 16.3. The molecule has 1 heterocycles. The Morgan fingerprint density at radius 1 is 1.17 bits per heavy atom. The maximum absolute atomic E-state index is 12.3. The third kappa shape index (κ3) is 6.62. The molecule has 0 atom stereocenters. The molecule has 0 saturated heterocycles. The Balaban J connectivity index is 0.00000420. The highest BCUT2D eigenvalue weighted by Crippen LogP contribution is 2.40. The van der Waals surface area contributed by atoms with Gasteiger partial charge in [-0.15, -0.1) is 12.4 Å². The highest BCUT2D eigenvalue weighted by atomic mass is 35.5. The number of ether oxygens (including phenoxy) is 3. The van der Waals surface area contributed by atoms with Crippen molar-refractivity contribution in [2.75, 3.05) is 21.0 Å². The second-order valence-corrected chi connectivity index (χ2v) is 6.29. The molecule has 29 heavy (non-hydrogen) atoms. The van der Waals surface area contributed by atoms with Gasteiger partial charge in [-0.2, -0.15) is 0 Å². The van der Waals surface area contributed by atoms with Crippen LogP contribution in [0.3, 0.4) is 0 Å². The number of hydrogen-bond acceptors (Lipinski definition) is 6. The maximum Gasteiger partial charge on any atom is 0.188 e. The lowest BCUT2D eigenvalue weighted by Gasteiger charge is -2.16. The van der Waals surface area contributed by atoms with Crippen molar-refractivity contribution in [2.24, 2.45) is 0 Å². The number of hydrogen-bond donors (Lipinski definition) is 1. The first kappa shape index (κ1) is 24.2. The molecule has 1 aromatic carbocycles. The van der Waals surface area contributed by atoms with Crippen LogP contribution in [0.2, 0.25) is 0 Å². The Morgan fingerprint density at radius 3 is 2.45 bits per heavy atom. The van der Waals surface area contributed by atoms with E-state index < -0.39 is 0 Å². The van der Waals surface area contributed by atoms with Crippen LogP contribution in [0, 0.1) is 0 Å². The number of carbonyl (C=O) groups is 1. The first-order valence-corrected chi connectivity index (χ1v) is 8.78.